The maximum absolute atomic E-state index is 15.1. The number of rotatable bonds is 5. The van der Waals surface area contributed by atoms with Gasteiger partial charge in [-0.25, -0.2) is 22.0 Å². The SMILES string of the molecule is [C-]#[N+]c1cnc2[nH]cc(C(=O)c3c(F)ccc(NS(=O)(=O)c4ccccc4)c3F)c2c1. The minimum absolute atomic E-state index is 0.103. The summed E-state index contributed by atoms with van der Waals surface area (Å²) < 4.78 is 56.6. The maximum atomic E-state index is 15.1. The number of sulfonamides is 1. The number of H-pyrrole nitrogens is 1. The predicted octanol–water partition coefficient (Wildman–Crippen LogP) is 4.42. The van der Waals surface area contributed by atoms with Crippen molar-refractivity contribution in [2.45, 2.75) is 4.90 Å². The van der Waals surface area contributed by atoms with E-state index in [0.717, 1.165) is 12.1 Å². The zero-order chi connectivity index (χ0) is 22.2. The lowest BCUT2D eigenvalue weighted by Gasteiger charge is -2.12. The Labute approximate surface area is 175 Å². The van der Waals surface area contributed by atoms with Crippen LogP contribution in [0.3, 0.4) is 0 Å². The molecule has 0 spiro atoms. The number of hydrogen-bond donors (Lipinski definition) is 2. The number of ketones is 1. The highest BCUT2D eigenvalue weighted by Crippen LogP contribution is 2.29. The second-order valence-electron chi connectivity index (χ2n) is 6.44. The van der Waals surface area contributed by atoms with Crippen molar-refractivity contribution in [2.24, 2.45) is 0 Å². The lowest BCUT2D eigenvalue weighted by atomic mass is 10.0. The van der Waals surface area contributed by atoms with Crippen LogP contribution in [0.4, 0.5) is 20.2 Å². The molecule has 2 aromatic heterocycles. The first-order chi connectivity index (χ1) is 14.8. The van der Waals surface area contributed by atoms with Crippen LogP contribution in [0.25, 0.3) is 15.9 Å². The number of aromatic nitrogens is 2. The van der Waals surface area contributed by atoms with Crippen molar-refractivity contribution in [1.82, 2.24) is 9.97 Å². The van der Waals surface area contributed by atoms with Crippen molar-refractivity contribution in [3.63, 3.8) is 0 Å². The number of aromatic amines is 1. The van der Waals surface area contributed by atoms with Crippen molar-refractivity contribution in [1.29, 1.82) is 0 Å². The van der Waals surface area contributed by atoms with Crippen molar-refractivity contribution in [3.8, 4) is 0 Å². The Hall–Kier alpha value is -4.10. The Morgan fingerprint density at radius 1 is 1.13 bits per heavy atom. The number of carbonyl (C=O) groups excluding carboxylic acids is 1. The molecule has 154 valence electrons. The lowest BCUT2D eigenvalue weighted by molar-refractivity contribution is 0.103. The van der Waals surface area contributed by atoms with E-state index in [1.807, 2.05) is 4.72 Å². The fraction of sp³-hybridized carbons (Fsp3) is 0. The average Bonchev–Trinajstić information content (AvgIpc) is 3.19. The molecule has 0 amide bonds. The third kappa shape index (κ3) is 3.62. The van der Waals surface area contributed by atoms with Crippen LogP contribution in [0.15, 0.2) is 65.8 Å². The zero-order valence-corrected chi connectivity index (χ0v) is 16.4. The topological polar surface area (TPSA) is 96.3 Å². The average molecular weight is 438 g/mol. The van der Waals surface area contributed by atoms with Gasteiger partial charge in [0.05, 0.1) is 22.7 Å². The van der Waals surface area contributed by atoms with Crippen molar-refractivity contribution < 1.29 is 22.0 Å². The highest BCUT2D eigenvalue weighted by molar-refractivity contribution is 7.92. The third-order valence-electron chi connectivity index (χ3n) is 4.51. The molecular formula is C21H12F2N4O3S. The van der Waals surface area contributed by atoms with Crippen LogP contribution in [0, 0.1) is 18.2 Å². The number of anilines is 1. The summed E-state index contributed by atoms with van der Waals surface area (Å²) >= 11 is 0. The second-order valence-corrected chi connectivity index (χ2v) is 8.12. The third-order valence-corrected chi connectivity index (χ3v) is 5.89. The van der Waals surface area contributed by atoms with Gasteiger partial charge in [0.25, 0.3) is 10.0 Å². The van der Waals surface area contributed by atoms with Crippen LogP contribution in [-0.2, 0) is 10.0 Å². The number of carbonyl (C=O) groups is 1. The smallest absolute Gasteiger partial charge is 0.261 e. The van der Waals surface area contributed by atoms with Crippen LogP contribution in [0.2, 0.25) is 0 Å². The number of halogens is 2. The van der Waals surface area contributed by atoms with Gasteiger partial charge in [-0.1, -0.05) is 18.2 Å². The van der Waals surface area contributed by atoms with Crippen molar-refractivity contribution in [3.05, 3.63) is 95.1 Å². The molecule has 2 heterocycles. The van der Waals surface area contributed by atoms with Crippen LogP contribution in [-0.4, -0.2) is 24.2 Å². The van der Waals surface area contributed by atoms with E-state index in [9.17, 15) is 17.6 Å². The molecule has 31 heavy (non-hydrogen) atoms. The molecule has 0 atom stereocenters. The monoisotopic (exact) mass is 438 g/mol. The fourth-order valence-corrected chi connectivity index (χ4v) is 4.10. The number of nitrogens with zero attached hydrogens (tertiary/aromatic N) is 2. The van der Waals surface area contributed by atoms with Crippen LogP contribution in [0.1, 0.15) is 15.9 Å². The number of nitrogens with one attached hydrogen (secondary N) is 2. The normalized spacial score (nSPS) is 11.3. The summed E-state index contributed by atoms with van der Waals surface area (Å²) in [6.07, 6.45) is 2.52. The van der Waals surface area contributed by atoms with Gasteiger partial charge in [-0.3, -0.25) is 14.5 Å². The minimum Gasteiger partial charge on any atom is -0.345 e. The number of fused-ring (bicyclic) bond motifs is 1. The standard InChI is InChI=1S/C21H12F2N4O3S/c1-24-12-9-14-15(11-26-21(14)25-10-12)20(28)18-16(22)7-8-17(19(18)23)27-31(29,30)13-5-3-2-4-6-13/h2-11,27H,(H,25,26). The van der Waals surface area contributed by atoms with Crippen LogP contribution >= 0.6 is 0 Å². The van der Waals surface area contributed by atoms with E-state index in [1.165, 1.54) is 42.7 Å². The van der Waals surface area contributed by atoms with Crippen LogP contribution in [0.5, 0.6) is 0 Å². The fourth-order valence-electron chi connectivity index (χ4n) is 3.02. The summed E-state index contributed by atoms with van der Waals surface area (Å²) in [4.78, 5) is 22.8. The lowest BCUT2D eigenvalue weighted by Crippen LogP contribution is -2.16. The molecule has 2 aromatic carbocycles. The van der Waals surface area contributed by atoms with Gasteiger partial charge in [0, 0.05) is 23.3 Å². The molecular weight excluding hydrogens is 426 g/mol. The summed E-state index contributed by atoms with van der Waals surface area (Å²) in [7, 11) is -4.16. The van der Waals surface area contributed by atoms with E-state index < -0.39 is 38.7 Å². The summed E-state index contributed by atoms with van der Waals surface area (Å²) in [5.74, 6) is -3.53. The number of pyridine rings is 1. The van der Waals surface area contributed by atoms with Gasteiger partial charge < -0.3 is 4.98 Å². The molecule has 4 aromatic rings. The summed E-state index contributed by atoms with van der Waals surface area (Å²) in [5.41, 5.74) is -1.20. The molecule has 10 heteroatoms. The Morgan fingerprint density at radius 3 is 2.58 bits per heavy atom. The molecule has 0 aliphatic rings. The molecule has 0 aliphatic carbocycles. The molecule has 0 saturated heterocycles. The molecule has 0 bridgehead atoms. The minimum atomic E-state index is -4.16. The Kier molecular flexibility index (Phi) is 4.96. The molecule has 0 aliphatic heterocycles. The molecule has 7 nitrogen and oxygen atoms in total. The molecule has 0 saturated carbocycles. The molecule has 4 rings (SSSR count). The number of benzene rings is 2. The van der Waals surface area contributed by atoms with Crippen molar-refractivity contribution in [2.75, 3.05) is 4.72 Å². The largest absolute Gasteiger partial charge is 0.345 e. The Balaban J connectivity index is 1.78. The van der Waals surface area contributed by atoms with E-state index in [1.54, 1.807) is 6.07 Å². The Morgan fingerprint density at radius 2 is 1.87 bits per heavy atom. The molecule has 0 radical (unpaired) electrons. The van der Waals surface area contributed by atoms with Crippen LogP contribution < -0.4 is 4.72 Å². The number of hydrogen-bond acceptors (Lipinski definition) is 4. The molecule has 2 N–H and O–H groups in total. The van der Waals surface area contributed by atoms with E-state index >= 15 is 4.39 Å². The quantitative estimate of drug-likeness (QED) is 0.356. The first-order valence-corrected chi connectivity index (χ1v) is 10.3. The van der Waals surface area contributed by atoms with Gasteiger partial charge in [-0.2, -0.15) is 0 Å². The van der Waals surface area contributed by atoms with Gasteiger partial charge >= 0.3 is 0 Å². The van der Waals surface area contributed by atoms with Gasteiger partial charge in [0.15, 0.2) is 5.82 Å². The van der Waals surface area contributed by atoms with Gasteiger partial charge in [0.1, 0.15) is 11.5 Å². The summed E-state index contributed by atoms with van der Waals surface area (Å²) in [6, 6.07) is 10.3. The van der Waals surface area contributed by atoms with Gasteiger partial charge in [-0.05, 0) is 30.3 Å². The highest BCUT2D eigenvalue weighted by atomic mass is 32.2. The van der Waals surface area contributed by atoms with E-state index in [-0.39, 0.29) is 27.2 Å². The summed E-state index contributed by atoms with van der Waals surface area (Å²) in [6.45, 7) is 7.07. The predicted molar refractivity (Wildman–Crippen MR) is 109 cm³/mol. The highest BCUT2D eigenvalue weighted by Gasteiger charge is 2.26. The zero-order valence-electron chi connectivity index (χ0n) is 15.6. The van der Waals surface area contributed by atoms with E-state index in [0.29, 0.717) is 0 Å². The van der Waals surface area contributed by atoms with Gasteiger partial charge in [-0.15, -0.1) is 0 Å². The summed E-state index contributed by atoms with van der Waals surface area (Å²) in [5, 5.41) is 0.215. The van der Waals surface area contributed by atoms with E-state index in [4.69, 9.17) is 6.57 Å². The Bertz CT molecular complexity index is 1480. The van der Waals surface area contributed by atoms with Gasteiger partial charge in [0.2, 0.25) is 11.5 Å². The second kappa shape index (κ2) is 7.62. The van der Waals surface area contributed by atoms with Crippen molar-refractivity contribution >= 4 is 38.2 Å². The first-order valence-electron chi connectivity index (χ1n) is 8.77. The maximum Gasteiger partial charge on any atom is 0.261 e. The van der Waals surface area contributed by atoms with E-state index in [2.05, 4.69) is 14.8 Å². The molecule has 0 fully saturated rings. The first kappa shape index (κ1) is 20.2. The molecule has 0 unspecified atom stereocenters.